The predicted octanol–water partition coefficient (Wildman–Crippen LogP) is -4.10. The number of H-pyrrole nitrogens is 2. The van der Waals surface area contributed by atoms with Crippen molar-refractivity contribution in [3.63, 3.8) is 0 Å². The van der Waals surface area contributed by atoms with Crippen LogP contribution in [0.15, 0.2) is 77.2 Å². The fraction of sp³-hybridized carbons (Fsp3) is 0.577. The molecule has 5 aromatic heterocycles. The normalized spacial score (nSPS) is 23.9. The molecule has 816 valence electrons. The van der Waals surface area contributed by atoms with E-state index in [1.165, 1.54) is 64.3 Å². The van der Waals surface area contributed by atoms with E-state index < -0.39 is 213 Å². The number of aryl methyl sites for hydroxylation is 2. The summed E-state index contributed by atoms with van der Waals surface area (Å²) in [7, 11) is -25.3. The molecule has 18 rings (SSSR count). The third-order valence-electron chi connectivity index (χ3n) is 23.8. The average Bonchev–Trinajstić information content (AvgIpc) is 1.65. The molecule has 5 aromatic rings. The molecule has 1 unspecified atom stereocenters. The van der Waals surface area contributed by atoms with Crippen molar-refractivity contribution in [3.8, 4) is 0 Å². The second-order valence-corrected chi connectivity index (χ2v) is 40.5. The lowest BCUT2D eigenvalue weighted by Crippen LogP contribution is -2.49. The summed E-state index contributed by atoms with van der Waals surface area (Å²) in [5.74, 6) is -3.14. The molecule has 0 radical (unpaired) electrons. The number of piperidine rings is 6. The number of fused-ring (bicyclic) bond motifs is 12. The van der Waals surface area contributed by atoms with Crippen molar-refractivity contribution in [2.75, 3.05) is 45.9 Å². The minimum absolute atomic E-state index is 0.000857. The van der Waals surface area contributed by atoms with Crippen LogP contribution in [0, 0.1) is 0 Å². The molecule has 0 spiro atoms. The number of hydrogen-bond donors (Lipinski definition) is 14. The van der Waals surface area contributed by atoms with E-state index in [2.05, 4.69) is 98.8 Å². The number of hydrogen-bond acceptors (Lipinski definition) is 43. The van der Waals surface area contributed by atoms with Crippen LogP contribution in [-0.4, -0.2) is 378 Å². The van der Waals surface area contributed by atoms with Crippen LogP contribution in [0.1, 0.15) is 131 Å². The van der Waals surface area contributed by atoms with E-state index in [0.717, 1.165) is 17.7 Å². The monoisotopic (exact) mass is 2240 g/mol. The topological polar surface area (TPSA) is 871 Å². The SMILES string of the molecule is CC(ONC(=O)[C@@H]1CC[C@@H]2CN1C(=O)N2OS(=O)(=O)O)c1cnc[nH]1.Cn1cc(CONC(=O)[C@@H]2CC[C@@H]3CN2C(=O)N3OS(=O)(=O)O)nn1.Cn1cccc1CONC(=O)[C@@H]1CC[C@@H]2CN1C(=O)N2OS(=O)(=O)O.O=C(NOCCC1=CN=CC1)[C@@H]1CC[C@@H]2CN1C(=O)N2OS(=O)(=O)O.O=C(NOCc1cnc[nH]1)[C@@H]1CC[C@@H]2CN1C(=O)N2OS(=O)(=O)O.O=C(NOCc1cscn1)[C@@H]1CC[C@@H]2CN1C(=O)N2OS(=O)(=O)O. The summed E-state index contributed by atoms with van der Waals surface area (Å²) in [6.45, 7) is 3.04. The van der Waals surface area contributed by atoms with E-state index in [0.29, 0.717) is 137 Å². The highest BCUT2D eigenvalue weighted by Gasteiger charge is 2.56. The first-order chi connectivity index (χ1) is 69.8. The Kier molecular flexibility index (Phi) is 36.7. The van der Waals surface area contributed by atoms with Crippen molar-refractivity contribution < 1.29 is 190 Å². The van der Waals surface area contributed by atoms with Crippen LogP contribution >= 0.6 is 11.3 Å². The van der Waals surface area contributed by atoms with Crippen LogP contribution in [0.2, 0.25) is 0 Å². The predicted molar refractivity (Wildman–Crippen MR) is 475 cm³/mol. The van der Waals surface area contributed by atoms with Crippen molar-refractivity contribution >= 4 is 152 Å². The molecule has 13 atom stereocenters. The standard InChI is InChI=1S/2C13H18N4O7S.C12H17N5O7S.C11H16N6O7S.C11H15N5O7S.C11H14N4O7S2/c1-15-6-2-3-10(15)8-23-14-12(18)11-5-4-9-7-16(11)13(19)17(9)24-25(20,21)22;18-12(15-23-6-4-9-3-5-14-7-9)11-2-1-10-8-16(11)13(19)17(10)24-25(20,21)22;1-7(9-4-13-6-14-9)23-15-11(18)10-3-2-8-5-16(10)12(19)17(8)24-25(20,21)22;1-15-4-7(12-14-15)6-23-13-10(18)9-3-2-8-5-16(9)11(19)17(8)24-25(20,21)22;17-10(14-22-5-7-3-12-6-13-7)9-2-1-8-4-15(9)11(18)16(8)23-24(19,20)21;16-10(13-21-4-7-5-23-6-12-7)9-2-1-8-3-14(9)11(17)15(8)22-24(18,19)20/h2-3,6,9,11H,4-5,7-8H2,1H3,(H,14,18)(H,20,21,22);5,7,10-11H,1-4,6,8H2,(H,15,18)(H,20,21,22);4,6-8,10H,2-3,5H2,1H3,(H,13,14)(H,15,18)(H,20,21,22);4,8-9H,2-3,5-6H2,1H3,(H,13,18)(H,20,21,22);3,6,8-9H,1-2,4-5H2,(H,12,13)(H,14,17)(H,19,20,21);5-6,8-9H,1-4H2,(H,13,16)(H,18,19,20)/t9-,11+;10-,11+;7?,8-,10+;3*8-,9+/m111111/s1. The van der Waals surface area contributed by atoms with Crippen LogP contribution in [-0.2, 0) is 186 Å². The molecule has 77 heteroatoms. The molecule has 148 heavy (non-hydrogen) atoms. The number of carbonyl (C=O) groups is 12. The lowest BCUT2D eigenvalue weighted by molar-refractivity contribution is -0.143. The van der Waals surface area contributed by atoms with E-state index in [4.69, 9.17) is 56.3 Å². The Balaban J connectivity index is 0.000000148. The molecule has 14 N–H and O–H groups in total. The Bertz CT molecular complexity index is 6310. The molecule has 18 amide bonds. The molecular weight excluding hydrogens is 2140 g/mol. The summed E-state index contributed by atoms with van der Waals surface area (Å²) in [4.78, 5) is 206. The molecule has 0 aliphatic carbocycles. The van der Waals surface area contributed by atoms with Gasteiger partial charge in [-0.15, -0.1) is 42.1 Å². The number of amides is 18. The summed E-state index contributed by atoms with van der Waals surface area (Å²) < 4.78 is 211. The minimum Gasteiger partial charge on any atom is -0.352 e. The van der Waals surface area contributed by atoms with Gasteiger partial charge in [-0.05, 0) is 108 Å². The van der Waals surface area contributed by atoms with Crippen molar-refractivity contribution in [1.29, 1.82) is 0 Å². The van der Waals surface area contributed by atoms with E-state index in [1.54, 1.807) is 49.7 Å². The highest BCUT2D eigenvalue weighted by Crippen LogP contribution is 2.38. The highest BCUT2D eigenvalue weighted by molar-refractivity contribution is 7.82. The van der Waals surface area contributed by atoms with E-state index in [9.17, 15) is 108 Å². The Morgan fingerprint density at radius 1 is 0.439 bits per heavy atom. The third-order valence-corrected chi connectivity index (χ3v) is 26.6. The Morgan fingerprint density at radius 2 is 0.777 bits per heavy atom. The largest absolute Gasteiger partial charge is 0.418 e. The number of rotatable bonds is 37. The van der Waals surface area contributed by atoms with E-state index >= 15 is 0 Å². The van der Waals surface area contributed by atoms with E-state index in [-0.39, 0.29) is 72.3 Å². The summed E-state index contributed by atoms with van der Waals surface area (Å²) in [6, 6.07) is -9.24. The Morgan fingerprint density at radius 3 is 1.07 bits per heavy atom. The van der Waals surface area contributed by atoms with Gasteiger partial charge >= 0.3 is 98.6 Å². The zero-order chi connectivity index (χ0) is 107. The number of thiazole rings is 1. The fourth-order valence-electron chi connectivity index (χ4n) is 17.1. The van der Waals surface area contributed by atoms with Gasteiger partial charge in [0.2, 0.25) is 0 Å². The molecule has 13 aliphatic rings. The number of nitrogens with one attached hydrogen (secondary N) is 8. The number of aromatic nitrogens is 9. The average molecular weight is 2240 g/mol. The molecule has 0 saturated carbocycles. The van der Waals surface area contributed by atoms with Crippen molar-refractivity contribution in [3.05, 3.63) is 101 Å². The third kappa shape index (κ3) is 30.1. The van der Waals surface area contributed by atoms with Crippen molar-refractivity contribution in [1.82, 2.24) is 137 Å². The molecule has 12 bridgehead atoms. The van der Waals surface area contributed by atoms with Gasteiger partial charge in [0, 0.05) is 89.5 Å². The van der Waals surface area contributed by atoms with Gasteiger partial charge in [-0.1, -0.05) is 5.21 Å². The van der Waals surface area contributed by atoms with Gasteiger partial charge in [0.1, 0.15) is 74.5 Å². The van der Waals surface area contributed by atoms with Crippen LogP contribution in [0.3, 0.4) is 0 Å². The Labute approximate surface area is 841 Å². The van der Waals surface area contributed by atoms with Crippen LogP contribution < -0.4 is 32.9 Å². The second kappa shape index (κ2) is 48.3. The van der Waals surface area contributed by atoms with Crippen LogP contribution in [0.4, 0.5) is 28.8 Å². The van der Waals surface area contributed by atoms with Crippen LogP contribution in [0.25, 0.3) is 0 Å². The summed E-state index contributed by atoms with van der Waals surface area (Å²) in [5, 5.41) is 12.8. The lowest BCUT2D eigenvalue weighted by Gasteiger charge is -2.29. The van der Waals surface area contributed by atoms with Gasteiger partial charge in [0.25, 0.3) is 35.4 Å². The number of urea groups is 6. The van der Waals surface area contributed by atoms with Gasteiger partial charge in [0.15, 0.2) is 0 Å². The first-order valence-electron chi connectivity index (χ1n) is 43.9. The fourth-order valence-corrected chi connectivity index (χ4v) is 20.0. The maximum absolute atomic E-state index is 12.3. The first-order valence-corrected chi connectivity index (χ1v) is 53.1. The number of aliphatic imine (C=N–C) groups is 1. The number of aromatic amines is 2. The number of nitrogens with zero attached hydrogens (tertiary/aromatic N) is 20. The van der Waals surface area contributed by atoms with Gasteiger partial charge in [-0.2, -0.15) is 80.9 Å². The molecule has 70 nitrogen and oxygen atoms in total. The zero-order valence-corrected chi connectivity index (χ0v) is 83.0. The molecule has 12 fully saturated rings. The summed E-state index contributed by atoms with van der Waals surface area (Å²) >= 11 is 1.40. The van der Waals surface area contributed by atoms with Crippen molar-refractivity contribution in [2.24, 2.45) is 19.1 Å². The quantitative estimate of drug-likeness (QED) is 0.0102. The first kappa shape index (κ1) is 112. The van der Waals surface area contributed by atoms with Gasteiger partial charge in [-0.25, -0.2) is 76.6 Å². The molecule has 0 aromatic carbocycles. The summed E-state index contributed by atoms with van der Waals surface area (Å²) in [6.07, 6.45) is 17.9. The van der Waals surface area contributed by atoms with Gasteiger partial charge < -0.3 is 43.9 Å². The van der Waals surface area contributed by atoms with Gasteiger partial charge in [0.05, 0.1) is 96.7 Å². The maximum atomic E-state index is 12.3. The van der Waals surface area contributed by atoms with Crippen molar-refractivity contribution in [2.45, 2.75) is 202 Å². The molecule has 12 saturated heterocycles. The smallest absolute Gasteiger partial charge is 0.352 e. The van der Waals surface area contributed by atoms with Gasteiger partial charge in [-0.3, -0.25) is 94.8 Å². The zero-order valence-electron chi connectivity index (χ0n) is 77.3. The molecule has 13 aliphatic heterocycles. The van der Waals surface area contributed by atoms with Crippen LogP contribution in [0.5, 0.6) is 0 Å². The Hall–Kier alpha value is -12.7. The minimum atomic E-state index is -4.82. The van der Waals surface area contributed by atoms with E-state index in [1.807, 2.05) is 29.9 Å². The number of imidazole rings is 2. The lowest BCUT2D eigenvalue weighted by atomic mass is 10.0. The molecule has 18 heterocycles. The maximum Gasteiger partial charge on any atom is 0.418 e. The second-order valence-electron chi connectivity index (χ2n) is 33.8. The highest BCUT2D eigenvalue weighted by atomic mass is 32.3. The number of hydroxylamine groups is 18. The molecular formula is C71H98N28O42S7. The summed E-state index contributed by atoms with van der Waals surface area (Å²) in [5.41, 5.74) is 19.8. The number of carbonyl (C=O) groups excluding carboxylic acids is 12.